The largest absolute Gasteiger partial charge is 0.369 e. The predicted molar refractivity (Wildman–Crippen MR) is 70.0 cm³/mol. The van der Waals surface area contributed by atoms with E-state index in [0.29, 0.717) is 11.4 Å². The molecule has 0 aliphatic heterocycles. The first kappa shape index (κ1) is 10.4. The third-order valence-corrected chi connectivity index (χ3v) is 4.73. The summed E-state index contributed by atoms with van der Waals surface area (Å²) in [7, 11) is 1.98. The van der Waals surface area contributed by atoms with Gasteiger partial charge in [0.1, 0.15) is 5.52 Å². The van der Waals surface area contributed by atoms with Crippen LogP contribution in [0.4, 0.5) is 5.95 Å². The third-order valence-electron chi connectivity index (χ3n) is 4.73. The summed E-state index contributed by atoms with van der Waals surface area (Å²) in [6, 6.07) is 0. The van der Waals surface area contributed by atoms with Crippen LogP contribution >= 0.6 is 0 Å². The lowest BCUT2D eigenvalue weighted by Gasteiger charge is -2.16. The van der Waals surface area contributed by atoms with Gasteiger partial charge in [0.15, 0.2) is 5.65 Å². The summed E-state index contributed by atoms with van der Waals surface area (Å²) in [6.45, 7) is 3.02. The molecule has 0 radical (unpaired) electrons. The van der Waals surface area contributed by atoms with Gasteiger partial charge in [0.05, 0.1) is 5.69 Å². The SMILES string of the molecule is Cc1nn(C)c2c1nc(N)n2CC1(C2CC2)CC1. The van der Waals surface area contributed by atoms with Crippen molar-refractivity contribution in [2.45, 2.75) is 39.2 Å². The lowest BCUT2D eigenvalue weighted by molar-refractivity contribution is 0.375. The van der Waals surface area contributed by atoms with E-state index in [1.165, 1.54) is 25.7 Å². The Labute approximate surface area is 106 Å². The van der Waals surface area contributed by atoms with Crippen LogP contribution < -0.4 is 5.73 Å². The summed E-state index contributed by atoms with van der Waals surface area (Å²) in [5.74, 6) is 1.58. The van der Waals surface area contributed by atoms with Gasteiger partial charge in [0.2, 0.25) is 5.95 Å². The fourth-order valence-electron chi connectivity index (χ4n) is 3.37. The minimum atomic E-state index is 0.528. The Bertz CT molecular complexity index is 627. The minimum Gasteiger partial charge on any atom is -0.369 e. The van der Waals surface area contributed by atoms with Gasteiger partial charge < -0.3 is 5.73 Å². The molecular formula is C13H19N5. The van der Waals surface area contributed by atoms with Crippen molar-refractivity contribution in [3.05, 3.63) is 5.69 Å². The van der Waals surface area contributed by atoms with E-state index < -0.39 is 0 Å². The van der Waals surface area contributed by atoms with E-state index in [1.54, 1.807) is 0 Å². The fourth-order valence-corrected chi connectivity index (χ4v) is 3.37. The van der Waals surface area contributed by atoms with Crippen LogP contribution in [0.25, 0.3) is 11.2 Å². The van der Waals surface area contributed by atoms with Crippen LogP contribution in [-0.2, 0) is 13.6 Å². The molecule has 0 atom stereocenters. The molecule has 0 bridgehead atoms. The van der Waals surface area contributed by atoms with Crippen molar-refractivity contribution in [3.8, 4) is 0 Å². The molecule has 2 aliphatic carbocycles. The Morgan fingerprint density at radius 1 is 1.39 bits per heavy atom. The van der Waals surface area contributed by atoms with Crippen LogP contribution in [-0.4, -0.2) is 19.3 Å². The van der Waals surface area contributed by atoms with Crippen molar-refractivity contribution in [1.82, 2.24) is 19.3 Å². The highest BCUT2D eigenvalue weighted by atomic mass is 15.3. The normalized spacial score (nSPS) is 21.7. The molecule has 2 fully saturated rings. The molecule has 0 saturated heterocycles. The molecule has 2 aromatic rings. The molecule has 5 nitrogen and oxygen atoms in total. The molecule has 2 N–H and O–H groups in total. The van der Waals surface area contributed by atoms with Crippen molar-refractivity contribution >= 4 is 17.1 Å². The van der Waals surface area contributed by atoms with Gasteiger partial charge in [-0.05, 0) is 43.9 Å². The summed E-state index contributed by atoms with van der Waals surface area (Å²) in [5, 5.41) is 4.44. The van der Waals surface area contributed by atoms with E-state index in [2.05, 4.69) is 14.6 Å². The molecule has 2 saturated carbocycles. The second-order valence-electron chi connectivity index (χ2n) is 6.07. The van der Waals surface area contributed by atoms with Crippen molar-refractivity contribution in [3.63, 3.8) is 0 Å². The molecule has 0 amide bonds. The molecule has 0 spiro atoms. The number of hydrogen-bond acceptors (Lipinski definition) is 3. The molecule has 18 heavy (non-hydrogen) atoms. The monoisotopic (exact) mass is 245 g/mol. The van der Waals surface area contributed by atoms with Gasteiger partial charge in [0.25, 0.3) is 0 Å². The predicted octanol–water partition coefficient (Wildman–Crippen LogP) is 1.85. The zero-order valence-corrected chi connectivity index (χ0v) is 11.0. The van der Waals surface area contributed by atoms with E-state index >= 15 is 0 Å². The van der Waals surface area contributed by atoms with Gasteiger partial charge in [-0.25, -0.2) is 4.98 Å². The number of rotatable bonds is 3. The first-order chi connectivity index (χ1) is 8.61. The van der Waals surface area contributed by atoms with Gasteiger partial charge in [-0.2, -0.15) is 5.10 Å². The summed E-state index contributed by atoms with van der Waals surface area (Å²) in [5.41, 5.74) is 9.64. The molecule has 4 rings (SSSR count). The molecule has 2 heterocycles. The highest BCUT2D eigenvalue weighted by molar-refractivity contribution is 5.77. The Morgan fingerprint density at radius 2 is 2.11 bits per heavy atom. The summed E-state index contributed by atoms with van der Waals surface area (Å²) < 4.78 is 4.09. The number of nitrogen functional groups attached to an aromatic ring is 1. The maximum absolute atomic E-state index is 6.10. The number of aromatic nitrogens is 4. The molecule has 0 aromatic carbocycles. The van der Waals surface area contributed by atoms with Crippen LogP contribution in [0.2, 0.25) is 0 Å². The highest BCUT2D eigenvalue weighted by Gasteiger charge is 2.54. The Balaban J connectivity index is 1.81. The lowest BCUT2D eigenvalue weighted by atomic mass is 10.0. The number of aryl methyl sites for hydroxylation is 2. The summed E-state index contributed by atoms with van der Waals surface area (Å²) in [6.07, 6.45) is 5.52. The summed E-state index contributed by atoms with van der Waals surface area (Å²) in [4.78, 5) is 4.48. The minimum absolute atomic E-state index is 0.528. The number of hydrogen-bond donors (Lipinski definition) is 1. The summed E-state index contributed by atoms with van der Waals surface area (Å²) >= 11 is 0. The van der Waals surface area contributed by atoms with Crippen LogP contribution in [0.1, 0.15) is 31.4 Å². The van der Waals surface area contributed by atoms with Crippen molar-refractivity contribution in [2.24, 2.45) is 18.4 Å². The van der Waals surface area contributed by atoms with Gasteiger partial charge in [-0.3, -0.25) is 9.25 Å². The molecule has 2 aliphatic rings. The van der Waals surface area contributed by atoms with Gasteiger partial charge >= 0.3 is 0 Å². The van der Waals surface area contributed by atoms with Crippen LogP contribution in [0, 0.1) is 18.3 Å². The fraction of sp³-hybridized carbons (Fsp3) is 0.692. The number of nitrogens with zero attached hydrogens (tertiary/aromatic N) is 4. The van der Waals surface area contributed by atoms with E-state index in [-0.39, 0.29) is 0 Å². The van der Waals surface area contributed by atoms with E-state index in [1.807, 2.05) is 18.7 Å². The standard InChI is InChI=1S/C13H19N5/c1-8-10-11(17(2)16-8)18(12(14)15-10)7-13(5-6-13)9-3-4-9/h9H,3-7H2,1-2H3,(H2,14,15). The first-order valence-corrected chi connectivity index (χ1v) is 6.76. The maximum atomic E-state index is 6.10. The Kier molecular flexibility index (Phi) is 1.78. The Morgan fingerprint density at radius 3 is 2.72 bits per heavy atom. The van der Waals surface area contributed by atoms with Crippen molar-refractivity contribution in [2.75, 3.05) is 5.73 Å². The van der Waals surface area contributed by atoms with Crippen LogP contribution in [0.5, 0.6) is 0 Å². The molecule has 0 unspecified atom stereocenters. The lowest BCUT2D eigenvalue weighted by Crippen LogP contribution is -2.17. The van der Waals surface area contributed by atoms with E-state index in [4.69, 9.17) is 5.73 Å². The van der Waals surface area contributed by atoms with Crippen molar-refractivity contribution in [1.29, 1.82) is 0 Å². The highest BCUT2D eigenvalue weighted by Crippen LogP contribution is 2.62. The Hall–Kier alpha value is -1.52. The second-order valence-corrected chi connectivity index (χ2v) is 6.07. The zero-order valence-electron chi connectivity index (χ0n) is 11.0. The van der Waals surface area contributed by atoms with E-state index in [9.17, 15) is 0 Å². The van der Waals surface area contributed by atoms with Gasteiger partial charge in [0, 0.05) is 13.6 Å². The molecular weight excluding hydrogens is 226 g/mol. The zero-order chi connectivity index (χ0) is 12.5. The second kappa shape index (κ2) is 3.08. The van der Waals surface area contributed by atoms with Gasteiger partial charge in [-0.1, -0.05) is 0 Å². The van der Waals surface area contributed by atoms with Gasteiger partial charge in [-0.15, -0.1) is 0 Å². The topological polar surface area (TPSA) is 61.7 Å². The number of imidazole rings is 1. The van der Waals surface area contributed by atoms with E-state index in [0.717, 1.165) is 29.3 Å². The van der Waals surface area contributed by atoms with Crippen LogP contribution in [0.15, 0.2) is 0 Å². The maximum Gasteiger partial charge on any atom is 0.202 e. The average molecular weight is 245 g/mol. The quantitative estimate of drug-likeness (QED) is 0.897. The van der Waals surface area contributed by atoms with Crippen LogP contribution in [0.3, 0.4) is 0 Å². The third kappa shape index (κ3) is 1.27. The number of fused-ring (bicyclic) bond motifs is 1. The molecule has 96 valence electrons. The smallest absolute Gasteiger partial charge is 0.202 e. The number of anilines is 1. The molecule has 2 aromatic heterocycles. The number of nitrogens with two attached hydrogens (primary N) is 1. The average Bonchev–Trinajstić information content (AvgIpc) is 3.19. The molecule has 5 heteroatoms. The van der Waals surface area contributed by atoms with Crippen molar-refractivity contribution < 1.29 is 0 Å². The first-order valence-electron chi connectivity index (χ1n) is 6.76.